The molecule has 0 bridgehead atoms. The maximum atomic E-state index is 13.7. The van der Waals surface area contributed by atoms with Crippen LogP contribution >= 0.6 is 11.3 Å². The van der Waals surface area contributed by atoms with Crippen LogP contribution in [0.15, 0.2) is 30.3 Å². The van der Waals surface area contributed by atoms with E-state index in [0.717, 1.165) is 36.4 Å². The lowest BCUT2D eigenvalue weighted by atomic mass is 10.1. The molecule has 3 aromatic rings. The van der Waals surface area contributed by atoms with E-state index in [1.807, 2.05) is 12.1 Å². The predicted octanol–water partition coefficient (Wildman–Crippen LogP) is 3.80. The lowest BCUT2D eigenvalue weighted by Crippen LogP contribution is -2.37. The molecule has 6 nitrogen and oxygen atoms in total. The van der Waals surface area contributed by atoms with Gasteiger partial charge in [0.15, 0.2) is 5.69 Å². The van der Waals surface area contributed by atoms with Crippen molar-refractivity contribution < 1.29 is 18.7 Å². The Labute approximate surface area is 165 Å². The summed E-state index contributed by atoms with van der Waals surface area (Å²) in [7, 11) is 0. The summed E-state index contributed by atoms with van der Waals surface area (Å²) in [5.74, 6) is -0.462. The number of piperidine rings is 1. The maximum Gasteiger partial charge on any atom is 0.360 e. The molecule has 146 valence electrons. The molecule has 0 saturated carbocycles. The van der Waals surface area contributed by atoms with Gasteiger partial charge in [0.2, 0.25) is 5.88 Å². The molecule has 1 fully saturated rings. The molecule has 0 amide bonds. The average Bonchev–Trinajstić information content (AvgIpc) is 3.15. The highest BCUT2D eigenvalue weighted by atomic mass is 32.1. The highest BCUT2D eigenvalue weighted by Crippen LogP contribution is 2.39. The first kappa shape index (κ1) is 18.8. The number of rotatable bonds is 5. The Morgan fingerprint density at radius 3 is 3.00 bits per heavy atom. The van der Waals surface area contributed by atoms with Gasteiger partial charge in [-0.1, -0.05) is 12.1 Å². The Morgan fingerprint density at radius 1 is 1.36 bits per heavy atom. The predicted molar refractivity (Wildman–Crippen MR) is 105 cm³/mol. The summed E-state index contributed by atoms with van der Waals surface area (Å²) < 4.78 is 25.5. The SMILES string of the molecule is CCOC(=O)c1nnc(OC2CCCNC2)c2cc(-c3cccc(F)c3)sc12. The minimum Gasteiger partial charge on any atom is -0.471 e. The van der Waals surface area contributed by atoms with E-state index in [9.17, 15) is 9.18 Å². The zero-order valence-electron chi connectivity index (χ0n) is 15.4. The van der Waals surface area contributed by atoms with Crippen molar-refractivity contribution in [3.05, 3.63) is 41.8 Å². The zero-order chi connectivity index (χ0) is 19.5. The number of halogens is 1. The van der Waals surface area contributed by atoms with Gasteiger partial charge < -0.3 is 14.8 Å². The number of ether oxygens (including phenoxy) is 2. The monoisotopic (exact) mass is 401 g/mol. The van der Waals surface area contributed by atoms with Crippen LogP contribution in [-0.2, 0) is 4.74 Å². The van der Waals surface area contributed by atoms with E-state index in [4.69, 9.17) is 9.47 Å². The van der Waals surface area contributed by atoms with Gasteiger partial charge in [0, 0.05) is 11.4 Å². The van der Waals surface area contributed by atoms with Gasteiger partial charge >= 0.3 is 5.97 Å². The first-order valence-electron chi connectivity index (χ1n) is 9.26. The highest BCUT2D eigenvalue weighted by molar-refractivity contribution is 7.22. The summed E-state index contributed by atoms with van der Waals surface area (Å²) in [5, 5.41) is 12.2. The van der Waals surface area contributed by atoms with Crippen LogP contribution in [0.5, 0.6) is 5.88 Å². The van der Waals surface area contributed by atoms with E-state index in [2.05, 4.69) is 15.5 Å². The van der Waals surface area contributed by atoms with E-state index < -0.39 is 5.97 Å². The molecule has 8 heteroatoms. The van der Waals surface area contributed by atoms with E-state index in [1.165, 1.54) is 23.5 Å². The summed E-state index contributed by atoms with van der Waals surface area (Å²) in [6.45, 7) is 3.70. The van der Waals surface area contributed by atoms with Crippen molar-refractivity contribution >= 4 is 27.4 Å². The topological polar surface area (TPSA) is 73.3 Å². The Bertz CT molecular complexity index is 1000. The quantitative estimate of drug-likeness (QED) is 0.656. The van der Waals surface area contributed by atoms with E-state index in [-0.39, 0.29) is 24.2 Å². The van der Waals surface area contributed by atoms with Crippen molar-refractivity contribution in [2.24, 2.45) is 0 Å². The second kappa shape index (κ2) is 8.20. The van der Waals surface area contributed by atoms with E-state index >= 15 is 0 Å². The van der Waals surface area contributed by atoms with Crippen LogP contribution in [0.4, 0.5) is 4.39 Å². The van der Waals surface area contributed by atoms with Crippen molar-refractivity contribution in [1.29, 1.82) is 0 Å². The summed E-state index contributed by atoms with van der Waals surface area (Å²) in [6.07, 6.45) is 1.95. The van der Waals surface area contributed by atoms with Gasteiger partial charge in [-0.05, 0) is 50.1 Å². The minimum absolute atomic E-state index is 0.00258. The number of nitrogens with zero attached hydrogens (tertiary/aromatic N) is 2. The number of benzene rings is 1. The van der Waals surface area contributed by atoms with Crippen molar-refractivity contribution in [1.82, 2.24) is 15.5 Å². The first-order chi connectivity index (χ1) is 13.7. The third kappa shape index (κ3) is 3.83. The summed E-state index contributed by atoms with van der Waals surface area (Å²) in [6, 6.07) is 8.21. The molecule has 0 aliphatic carbocycles. The summed E-state index contributed by atoms with van der Waals surface area (Å²) in [4.78, 5) is 13.1. The van der Waals surface area contributed by atoms with Crippen molar-refractivity contribution in [2.75, 3.05) is 19.7 Å². The number of carbonyl (C=O) groups is 1. The number of carbonyl (C=O) groups excluding carboxylic acids is 1. The number of hydrogen-bond donors (Lipinski definition) is 1. The van der Waals surface area contributed by atoms with Crippen molar-refractivity contribution in [3.63, 3.8) is 0 Å². The largest absolute Gasteiger partial charge is 0.471 e. The summed E-state index contributed by atoms with van der Waals surface area (Å²) >= 11 is 1.35. The Hall–Kier alpha value is -2.58. The number of nitrogens with one attached hydrogen (secondary N) is 1. The fourth-order valence-corrected chi connectivity index (χ4v) is 4.32. The van der Waals surface area contributed by atoms with Crippen LogP contribution in [0.1, 0.15) is 30.3 Å². The van der Waals surface area contributed by atoms with Gasteiger partial charge in [-0.2, -0.15) is 0 Å². The third-order valence-corrected chi connectivity index (χ3v) is 5.72. The number of thiophene rings is 1. The van der Waals surface area contributed by atoms with Crippen LogP contribution < -0.4 is 10.1 Å². The van der Waals surface area contributed by atoms with Crippen LogP contribution in [0, 0.1) is 5.82 Å². The molecule has 1 aromatic carbocycles. The molecule has 1 aliphatic heterocycles. The molecule has 0 radical (unpaired) electrons. The van der Waals surface area contributed by atoms with Gasteiger partial charge in [0.25, 0.3) is 0 Å². The van der Waals surface area contributed by atoms with Crippen LogP contribution in [0.3, 0.4) is 0 Å². The van der Waals surface area contributed by atoms with Gasteiger partial charge in [-0.25, -0.2) is 9.18 Å². The van der Waals surface area contributed by atoms with Crippen LogP contribution in [0.2, 0.25) is 0 Å². The second-order valence-electron chi connectivity index (χ2n) is 6.52. The number of esters is 1. The van der Waals surface area contributed by atoms with E-state index in [1.54, 1.807) is 13.0 Å². The van der Waals surface area contributed by atoms with Gasteiger partial charge in [-0.15, -0.1) is 21.5 Å². The molecule has 4 rings (SSSR count). The zero-order valence-corrected chi connectivity index (χ0v) is 16.2. The standard InChI is InChI=1S/C20H20FN3O3S/c1-2-26-20(25)17-18-15(10-16(28-18)12-5-3-6-13(21)9-12)19(24-23-17)27-14-7-4-8-22-11-14/h3,5-6,9-10,14,22H,2,4,7-8,11H2,1H3. The number of aromatic nitrogens is 2. The van der Waals surface area contributed by atoms with Gasteiger partial charge in [-0.3, -0.25) is 0 Å². The molecule has 28 heavy (non-hydrogen) atoms. The third-order valence-electron chi connectivity index (χ3n) is 4.53. The number of fused-ring (bicyclic) bond motifs is 1. The lowest BCUT2D eigenvalue weighted by molar-refractivity contribution is 0.0520. The minimum atomic E-state index is -0.529. The van der Waals surface area contributed by atoms with Crippen LogP contribution in [0.25, 0.3) is 20.5 Å². The maximum absolute atomic E-state index is 13.7. The second-order valence-corrected chi connectivity index (χ2v) is 7.58. The van der Waals surface area contributed by atoms with E-state index in [0.29, 0.717) is 16.0 Å². The Kier molecular flexibility index (Phi) is 5.50. The fourth-order valence-electron chi connectivity index (χ4n) is 3.20. The molecule has 0 spiro atoms. The summed E-state index contributed by atoms with van der Waals surface area (Å²) in [5.41, 5.74) is 0.875. The molecule has 1 atom stereocenters. The molecule has 1 N–H and O–H groups in total. The Balaban J connectivity index is 1.79. The first-order valence-corrected chi connectivity index (χ1v) is 10.1. The number of hydrogen-bond acceptors (Lipinski definition) is 7. The smallest absolute Gasteiger partial charge is 0.360 e. The molecular weight excluding hydrogens is 381 g/mol. The van der Waals surface area contributed by atoms with Gasteiger partial charge in [0.05, 0.1) is 16.7 Å². The molecule has 2 aromatic heterocycles. The molecule has 1 unspecified atom stereocenters. The highest BCUT2D eigenvalue weighted by Gasteiger charge is 2.23. The molecule has 1 aliphatic rings. The van der Waals surface area contributed by atoms with Crippen molar-refractivity contribution in [3.8, 4) is 16.3 Å². The fraction of sp³-hybridized carbons (Fsp3) is 0.350. The normalized spacial score (nSPS) is 16.9. The molecule has 1 saturated heterocycles. The molecular formula is C20H20FN3O3S. The van der Waals surface area contributed by atoms with Crippen molar-refractivity contribution in [2.45, 2.75) is 25.9 Å². The van der Waals surface area contributed by atoms with Crippen LogP contribution in [-0.4, -0.2) is 42.0 Å². The van der Waals surface area contributed by atoms with Gasteiger partial charge in [0.1, 0.15) is 11.9 Å². The lowest BCUT2D eigenvalue weighted by Gasteiger charge is -2.23. The molecule has 3 heterocycles. The average molecular weight is 401 g/mol. The Morgan fingerprint density at radius 2 is 2.25 bits per heavy atom.